The highest BCUT2D eigenvalue weighted by atomic mass is 79.9. The van der Waals surface area contributed by atoms with Crippen LogP contribution in [0.3, 0.4) is 0 Å². The second-order valence-electron chi connectivity index (χ2n) is 3.09. The molecule has 0 bridgehead atoms. The van der Waals surface area contributed by atoms with Gasteiger partial charge >= 0.3 is 4.88 Å². The number of halogens is 1. The Morgan fingerprint density at radius 1 is 1.56 bits per heavy atom. The van der Waals surface area contributed by atoms with Crippen molar-refractivity contribution < 1.29 is 9.53 Å². The molecule has 0 unspecified atom stereocenters. The summed E-state index contributed by atoms with van der Waals surface area (Å²) in [5.41, 5.74) is 0.0590. The maximum Gasteiger partial charge on any atom is 0.374 e. The predicted octanol–water partition coefficient (Wildman–Crippen LogP) is 2.56. The fourth-order valence-electron chi connectivity index (χ4n) is 0.273. The number of ether oxygens (including phenoxy) is 1. The molecule has 9 heavy (non-hydrogen) atoms. The van der Waals surface area contributed by atoms with Gasteiger partial charge in [0.2, 0.25) is 0 Å². The predicted molar refractivity (Wildman–Crippen MR) is 39.7 cm³/mol. The van der Waals surface area contributed by atoms with Crippen LogP contribution in [-0.4, -0.2) is 11.5 Å². The van der Waals surface area contributed by atoms with Crippen molar-refractivity contribution in [3.8, 4) is 0 Å². The molecule has 0 aromatic rings. The van der Waals surface area contributed by atoms with Gasteiger partial charge in [-0.15, -0.1) is 0 Å². The van der Waals surface area contributed by atoms with Gasteiger partial charge in [-0.25, -0.2) is 4.79 Å². The Bertz CT molecular complexity index is 104. The van der Waals surface area contributed by atoms with Gasteiger partial charge in [-0.3, -0.25) is 0 Å². The van der Waals surface area contributed by atoms with E-state index in [1.54, 1.807) is 0 Å². The van der Waals surface area contributed by atoms with Gasteiger partial charge in [0.25, 0.3) is 0 Å². The minimum absolute atomic E-state index is 0.0590. The molecule has 0 saturated carbocycles. The van der Waals surface area contributed by atoms with E-state index in [2.05, 4.69) is 20.7 Å². The molecule has 0 aromatic carbocycles. The van der Waals surface area contributed by atoms with Gasteiger partial charge in [0.15, 0.2) is 0 Å². The van der Waals surface area contributed by atoms with Crippen LogP contribution in [0.5, 0.6) is 0 Å². The highest BCUT2D eigenvalue weighted by molar-refractivity contribution is 9.18. The molecule has 0 saturated heterocycles. The van der Waals surface area contributed by atoms with Crippen LogP contribution in [0, 0.1) is 5.41 Å². The molecule has 0 aliphatic carbocycles. The van der Waals surface area contributed by atoms with E-state index in [0.29, 0.717) is 6.61 Å². The summed E-state index contributed by atoms with van der Waals surface area (Å²) >= 11 is 2.67. The van der Waals surface area contributed by atoms with Crippen molar-refractivity contribution in [3.05, 3.63) is 0 Å². The molecule has 0 fully saturated rings. The summed E-state index contributed by atoms with van der Waals surface area (Å²) in [6, 6.07) is 0. The number of hydrogen-bond donors (Lipinski definition) is 0. The molecule has 0 radical (unpaired) electrons. The van der Waals surface area contributed by atoms with E-state index in [4.69, 9.17) is 0 Å². The van der Waals surface area contributed by atoms with Crippen LogP contribution >= 0.6 is 15.9 Å². The molecule has 0 atom stereocenters. The Morgan fingerprint density at radius 2 is 2.00 bits per heavy atom. The van der Waals surface area contributed by atoms with Crippen molar-refractivity contribution in [2.45, 2.75) is 20.8 Å². The number of carbonyl (C=O) groups excluding carboxylic acids is 1. The van der Waals surface area contributed by atoms with Crippen molar-refractivity contribution in [2.75, 3.05) is 6.61 Å². The molecule has 0 amide bonds. The molecule has 0 aromatic heterocycles. The molecule has 0 N–H and O–H groups in total. The normalized spacial score (nSPS) is 11.1. The van der Waals surface area contributed by atoms with E-state index in [0.717, 1.165) is 0 Å². The lowest BCUT2D eigenvalue weighted by Gasteiger charge is -2.15. The Balaban J connectivity index is 3.39. The molecular weight excluding hydrogens is 184 g/mol. The first-order valence-electron chi connectivity index (χ1n) is 2.74. The molecule has 0 aliphatic heterocycles. The zero-order chi connectivity index (χ0) is 7.49. The molecule has 3 heteroatoms. The summed E-state index contributed by atoms with van der Waals surface area (Å²) in [6.45, 7) is 6.46. The molecule has 0 spiro atoms. The van der Waals surface area contributed by atoms with Crippen LogP contribution in [0.1, 0.15) is 20.8 Å². The molecule has 2 nitrogen and oxygen atoms in total. The van der Waals surface area contributed by atoms with Crippen LogP contribution in [-0.2, 0) is 4.74 Å². The van der Waals surface area contributed by atoms with Crippen LogP contribution in [0.15, 0.2) is 0 Å². The van der Waals surface area contributed by atoms with Crippen LogP contribution in [0.25, 0.3) is 0 Å². The zero-order valence-corrected chi connectivity index (χ0v) is 7.49. The maximum absolute atomic E-state index is 10.2. The summed E-state index contributed by atoms with van der Waals surface area (Å²) in [5.74, 6) is 0. The highest BCUT2D eigenvalue weighted by Crippen LogP contribution is 2.13. The second-order valence-corrected chi connectivity index (χ2v) is 3.73. The topological polar surface area (TPSA) is 26.3 Å². The highest BCUT2D eigenvalue weighted by Gasteiger charge is 2.11. The standard InChI is InChI=1S/C6H11BrO2/c1-6(2,3)4-9-5(7)8/h4H2,1-3H3. The zero-order valence-electron chi connectivity index (χ0n) is 5.90. The van der Waals surface area contributed by atoms with Gasteiger partial charge in [-0.2, -0.15) is 0 Å². The average molecular weight is 195 g/mol. The smallest absolute Gasteiger partial charge is 0.374 e. The third-order valence-electron chi connectivity index (χ3n) is 0.619. The first kappa shape index (κ1) is 8.95. The fraction of sp³-hybridized carbons (Fsp3) is 0.833. The summed E-state index contributed by atoms with van der Waals surface area (Å²) in [7, 11) is 0. The first-order valence-corrected chi connectivity index (χ1v) is 3.53. The monoisotopic (exact) mass is 194 g/mol. The Hall–Kier alpha value is -0.0500. The molecule has 0 aliphatic rings. The summed E-state index contributed by atoms with van der Waals surface area (Å²) in [5, 5.41) is 0. The van der Waals surface area contributed by atoms with E-state index in [9.17, 15) is 4.79 Å². The minimum Gasteiger partial charge on any atom is -0.457 e. The van der Waals surface area contributed by atoms with Crippen LogP contribution in [0.4, 0.5) is 4.79 Å². The SMILES string of the molecule is CC(C)(C)COC(=O)Br. The van der Waals surface area contributed by atoms with Crippen molar-refractivity contribution in [2.24, 2.45) is 5.41 Å². The maximum atomic E-state index is 10.2. The van der Waals surface area contributed by atoms with E-state index in [1.165, 1.54) is 0 Å². The van der Waals surface area contributed by atoms with Gasteiger partial charge in [0.05, 0.1) is 6.61 Å². The largest absolute Gasteiger partial charge is 0.457 e. The first-order chi connectivity index (χ1) is 3.92. The lowest BCUT2D eigenvalue weighted by Crippen LogP contribution is -2.15. The molecular formula is C6H11BrO2. The van der Waals surface area contributed by atoms with Gasteiger partial charge in [0, 0.05) is 15.9 Å². The van der Waals surface area contributed by atoms with Crippen molar-refractivity contribution >= 4 is 20.8 Å². The third-order valence-corrected chi connectivity index (χ3v) is 0.848. The lowest BCUT2D eigenvalue weighted by molar-refractivity contribution is 0.131. The van der Waals surface area contributed by atoms with Crippen molar-refractivity contribution in [1.29, 1.82) is 0 Å². The molecule has 54 valence electrons. The summed E-state index contributed by atoms with van der Waals surface area (Å²) in [4.78, 5) is 9.79. The van der Waals surface area contributed by atoms with E-state index < -0.39 is 4.88 Å². The molecule has 0 rings (SSSR count). The van der Waals surface area contributed by atoms with Crippen molar-refractivity contribution in [3.63, 3.8) is 0 Å². The van der Waals surface area contributed by atoms with E-state index >= 15 is 0 Å². The Kier molecular flexibility index (Phi) is 3.18. The van der Waals surface area contributed by atoms with Gasteiger partial charge < -0.3 is 4.74 Å². The number of carbonyl (C=O) groups is 1. The van der Waals surface area contributed by atoms with Gasteiger partial charge in [-0.1, -0.05) is 20.8 Å². The minimum atomic E-state index is -0.391. The van der Waals surface area contributed by atoms with Gasteiger partial charge in [-0.05, 0) is 5.41 Å². The molecule has 0 heterocycles. The summed E-state index contributed by atoms with van der Waals surface area (Å²) < 4.78 is 4.68. The van der Waals surface area contributed by atoms with Crippen LogP contribution in [0.2, 0.25) is 0 Å². The number of hydrogen-bond acceptors (Lipinski definition) is 2. The third kappa shape index (κ3) is 7.95. The van der Waals surface area contributed by atoms with E-state index in [-0.39, 0.29) is 5.41 Å². The Labute approximate surface area is 63.7 Å². The second kappa shape index (κ2) is 3.20. The van der Waals surface area contributed by atoms with Crippen LogP contribution < -0.4 is 0 Å². The average Bonchev–Trinajstić information content (AvgIpc) is 1.59. The van der Waals surface area contributed by atoms with Gasteiger partial charge in [0.1, 0.15) is 0 Å². The van der Waals surface area contributed by atoms with Crippen molar-refractivity contribution in [1.82, 2.24) is 0 Å². The number of rotatable bonds is 1. The Morgan fingerprint density at radius 3 is 2.11 bits per heavy atom. The lowest BCUT2D eigenvalue weighted by atomic mass is 9.99. The van der Waals surface area contributed by atoms with E-state index in [1.807, 2.05) is 20.8 Å². The summed E-state index contributed by atoms with van der Waals surface area (Å²) in [6.07, 6.45) is 0. The quantitative estimate of drug-likeness (QED) is 0.601. The fourth-order valence-corrected chi connectivity index (χ4v) is 0.388.